The average molecular weight is 372 g/mol. The van der Waals surface area contributed by atoms with E-state index in [1.165, 1.54) is 11.8 Å². The molecule has 132 valence electrons. The topological polar surface area (TPSA) is 107 Å². The first kappa shape index (κ1) is 18.3. The van der Waals surface area contributed by atoms with Crippen LogP contribution in [0.15, 0.2) is 53.6 Å². The summed E-state index contributed by atoms with van der Waals surface area (Å²) in [7, 11) is 0. The number of aryl methyl sites for hydroxylation is 1. The molecule has 2 aromatic carbocycles. The zero-order valence-corrected chi connectivity index (χ0v) is 15.4. The molecule has 0 saturated carbocycles. The summed E-state index contributed by atoms with van der Waals surface area (Å²) in [6.45, 7) is 1.76. The molecule has 0 unspecified atom stereocenters. The molecule has 27 heavy (non-hydrogen) atoms. The summed E-state index contributed by atoms with van der Waals surface area (Å²) in [4.78, 5) is 4.30. The van der Waals surface area contributed by atoms with Crippen LogP contribution in [0.3, 0.4) is 0 Å². The van der Waals surface area contributed by atoms with Crippen LogP contribution in [0.1, 0.15) is 22.3 Å². The van der Waals surface area contributed by atoms with E-state index in [1.807, 2.05) is 30.3 Å². The van der Waals surface area contributed by atoms with E-state index in [1.54, 1.807) is 25.1 Å². The van der Waals surface area contributed by atoms with Gasteiger partial charge in [-0.25, -0.2) is 4.98 Å². The third kappa shape index (κ3) is 3.72. The van der Waals surface area contributed by atoms with E-state index in [0.29, 0.717) is 33.0 Å². The highest BCUT2D eigenvalue weighted by Crippen LogP contribution is 2.37. The van der Waals surface area contributed by atoms with Gasteiger partial charge in [0.05, 0.1) is 5.56 Å². The fourth-order valence-corrected chi connectivity index (χ4v) is 3.68. The normalized spacial score (nSPS) is 10.2. The number of nitrogen functional groups attached to an aromatic ring is 1. The van der Waals surface area contributed by atoms with Crippen LogP contribution < -0.4 is 5.73 Å². The molecule has 1 aromatic heterocycles. The summed E-state index contributed by atoms with van der Waals surface area (Å²) in [5, 5.41) is 29.6. The number of nitriles is 2. The number of nitrogens with zero attached hydrogens (tertiary/aromatic N) is 3. The first-order valence-corrected chi connectivity index (χ1v) is 9.14. The van der Waals surface area contributed by atoms with Gasteiger partial charge in [-0.3, -0.25) is 0 Å². The standard InChI is InChI=1S/C21H16N4OS/c1-13-9-15(7-8-18(13)26)19-16(10-22)20(24)25-21(17(19)11-23)27-12-14-5-3-2-4-6-14/h2-9,26H,12H2,1H3,(H2,24,25). The van der Waals surface area contributed by atoms with Crippen molar-refractivity contribution in [1.29, 1.82) is 10.5 Å². The molecule has 6 heteroatoms. The molecule has 3 N–H and O–H groups in total. The smallest absolute Gasteiger partial charge is 0.143 e. The molecule has 0 aliphatic rings. The zero-order chi connectivity index (χ0) is 19.4. The molecule has 1 heterocycles. The number of hydrogen-bond acceptors (Lipinski definition) is 6. The Bertz CT molecular complexity index is 1080. The van der Waals surface area contributed by atoms with Crippen LogP contribution in [-0.2, 0) is 5.75 Å². The molecule has 0 radical (unpaired) electrons. The number of anilines is 1. The summed E-state index contributed by atoms with van der Waals surface area (Å²) in [5.74, 6) is 0.867. The largest absolute Gasteiger partial charge is 0.508 e. The number of benzene rings is 2. The van der Waals surface area contributed by atoms with Crippen molar-refractivity contribution in [3.8, 4) is 29.0 Å². The Morgan fingerprint density at radius 1 is 1.07 bits per heavy atom. The van der Waals surface area contributed by atoms with Crippen molar-refractivity contribution in [1.82, 2.24) is 4.98 Å². The number of hydrogen-bond donors (Lipinski definition) is 2. The van der Waals surface area contributed by atoms with Crippen molar-refractivity contribution >= 4 is 17.6 Å². The fourth-order valence-electron chi connectivity index (χ4n) is 2.73. The van der Waals surface area contributed by atoms with Crippen LogP contribution >= 0.6 is 11.8 Å². The summed E-state index contributed by atoms with van der Waals surface area (Å²) in [6.07, 6.45) is 0. The lowest BCUT2D eigenvalue weighted by molar-refractivity contribution is 0.471. The fraction of sp³-hybridized carbons (Fsp3) is 0.0952. The molecule has 5 nitrogen and oxygen atoms in total. The Balaban J connectivity index is 2.13. The Kier molecular flexibility index (Phi) is 5.30. The van der Waals surface area contributed by atoms with Crippen molar-refractivity contribution in [3.05, 3.63) is 70.8 Å². The monoisotopic (exact) mass is 372 g/mol. The first-order valence-electron chi connectivity index (χ1n) is 8.15. The Morgan fingerprint density at radius 2 is 1.78 bits per heavy atom. The Hall–Kier alpha value is -3.48. The molecular weight excluding hydrogens is 356 g/mol. The van der Waals surface area contributed by atoms with Crippen LogP contribution in [0.25, 0.3) is 11.1 Å². The number of nitrogens with two attached hydrogens (primary N) is 1. The maximum absolute atomic E-state index is 9.79. The Morgan fingerprint density at radius 3 is 2.41 bits per heavy atom. The highest BCUT2D eigenvalue weighted by Gasteiger charge is 2.21. The van der Waals surface area contributed by atoms with Crippen molar-refractivity contribution < 1.29 is 5.11 Å². The molecule has 0 bridgehead atoms. The van der Waals surface area contributed by atoms with Gasteiger partial charge < -0.3 is 10.8 Å². The molecule has 0 atom stereocenters. The number of rotatable bonds is 4. The van der Waals surface area contributed by atoms with Crippen LogP contribution in [0, 0.1) is 29.6 Å². The van der Waals surface area contributed by atoms with Crippen LogP contribution in [0.2, 0.25) is 0 Å². The molecule has 3 rings (SSSR count). The second kappa shape index (κ2) is 7.82. The summed E-state index contributed by atoms with van der Waals surface area (Å²) in [5.41, 5.74) is 9.34. The van der Waals surface area contributed by atoms with Gasteiger partial charge in [-0.15, -0.1) is 11.8 Å². The van der Waals surface area contributed by atoms with Gasteiger partial charge in [0.15, 0.2) is 0 Å². The second-order valence-corrected chi connectivity index (χ2v) is 6.89. The number of phenols is 1. The van der Waals surface area contributed by atoms with Gasteiger partial charge in [-0.2, -0.15) is 10.5 Å². The van der Waals surface area contributed by atoms with E-state index < -0.39 is 0 Å². The van der Waals surface area contributed by atoms with Gasteiger partial charge in [0.1, 0.15) is 34.3 Å². The summed E-state index contributed by atoms with van der Waals surface area (Å²) < 4.78 is 0. The summed E-state index contributed by atoms with van der Waals surface area (Å²) >= 11 is 1.40. The van der Waals surface area contributed by atoms with Gasteiger partial charge in [-0.1, -0.05) is 36.4 Å². The van der Waals surface area contributed by atoms with E-state index in [-0.39, 0.29) is 17.1 Å². The minimum absolute atomic E-state index is 0.0905. The minimum atomic E-state index is 0.0905. The van der Waals surface area contributed by atoms with Gasteiger partial charge in [-0.05, 0) is 35.7 Å². The lowest BCUT2D eigenvalue weighted by Gasteiger charge is -2.14. The highest BCUT2D eigenvalue weighted by atomic mass is 32.2. The average Bonchev–Trinajstić information content (AvgIpc) is 2.68. The molecule has 0 aliphatic carbocycles. The highest BCUT2D eigenvalue weighted by molar-refractivity contribution is 7.98. The zero-order valence-electron chi connectivity index (χ0n) is 14.6. The van der Waals surface area contributed by atoms with Crippen molar-refractivity contribution in [2.45, 2.75) is 17.7 Å². The lowest BCUT2D eigenvalue weighted by Crippen LogP contribution is -2.03. The third-order valence-corrected chi connectivity index (χ3v) is 5.17. The Labute approximate surface area is 161 Å². The minimum Gasteiger partial charge on any atom is -0.508 e. The first-order chi connectivity index (χ1) is 13.0. The van der Waals surface area contributed by atoms with Gasteiger partial charge >= 0.3 is 0 Å². The summed E-state index contributed by atoms with van der Waals surface area (Å²) in [6, 6.07) is 19.0. The van der Waals surface area contributed by atoms with Gasteiger partial charge in [0, 0.05) is 11.3 Å². The maximum Gasteiger partial charge on any atom is 0.143 e. The molecule has 3 aromatic rings. The van der Waals surface area contributed by atoms with Crippen molar-refractivity contribution in [2.24, 2.45) is 0 Å². The molecule has 0 saturated heterocycles. The second-order valence-electron chi connectivity index (χ2n) is 5.93. The third-order valence-electron chi connectivity index (χ3n) is 4.12. The molecule has 0 spiro atoms. The number of phenolic OH excluding ortho intramolecular Hbond substituents is 1. The van der Waals surface area contributed by atoms with Crippen LogP contribution in [0.4, 0.5) is 5.82 Å². The maximum atomic E-state index is 9.79. The van der Waals surface area contributed by atoms with E-state index in [4.69, 9.17) is 5.73 Å². The van der Waals surface area contributed by atoms with Crippen molar-refractivity contribution in [2.75, 3.05) is 5.73 Å². The number of pyridine rings is 1. The van der Waals surface area contributed by atoms with E-state index >= 15 is 0 Å². The number of thioether (sulfide) groups is 1. The van der Waals surface area contributed by atoms with E-state index in [9.17, 15) is 15.6 Å². The molecule has 0 amide bonds. The van der Waals surface area contributed by atoms with E-state index in [0.717, 1.165) is 5.56 Å². The van der Waals surface area contributed by atoms with Crippen LogP contribution in [-0.4, -0.2) is 10.1 Å². The van der Waals surface area contributed by atoms with Gasteiger partial charge in [0.2, 0.25) is 0 Å². The van der Waals surface area contributed by atoms with E-state index in [2.05, 4.69) is 17.1 Å². The molecule has 0 aliphatic heterocycles. The molecule has 0 fully saturated rings. The SMILES string of the molecule is Cc1cc(-c2c(C#N)c(N)nc(SCc3ccccc3)c2C#N)ccc1O. The number of aromatic hydroxyl groups is 1. The quantitative estimate of drug-likeness (QED) is 0.658. The van der Waals surface area contributed by atoms with Crippen LogP contribution in [0.5, 0.6) is 5.75 Å². The predicted molar refractivity (Wildman–Crippen MR) is 106 cm³/mol. The van der Waals surface area contributed by atoms with Gasteiger partial charge in [0.25, 0.3) is 0 Å². The lowest BCUT2D eigenvalue weighted by atomic mass is 9.95. The molecular formula is C21H16N4OS. The number of aromatic nitrogens is 1. The predicted octanol–water partition coefficient (Wildman–Crippen LogP) is 4.38. The van der Waals surface area contributed by atoms with Crippen molar-refractivity contribution in [3.63, 3.8) is 0 Å².